The Bertz CT molecular complexity index is 956. The number of hydrogen-bond acceptors (Lipinski definition) is 5. The number of benzene rings is 1. The second-order valence-electron chi connectivity index (χ2n) is 6.85. The highest BCUT2D eigenvalue weighted by Crippen LogP contribution is 2.26. The number of amides is 2. The fourth-order valence-electron chi connectivity index (χ4n) is 3.44. The van der Waals surface area contributed by atoms with Crippen LogP contribution < -0.4 is 15.1 Å². The lowest BCUT2D eigenvalue weighted by atomic mass is 10.1. The Hall–Kier alpha value is -2.93. The molecule has 2 aliphatic heterocycles. The summed E-state index contributed by atoms with van der Waals surface area (Å²) in [7, 11) is 0. The van der Waals surface area contributed by atoms with E-state index >= 15 is 0 Å². The fraction of sp³-hybridized carbons (Fsp3) is 0.286. The van der Waals surface area contributed by atoms with Gasteiger partial charge in [-0.2, -0.15) is 0 Å². The number of aryl methyl sites for hydroxylation is 1. The summed E-state index contributed by atoms with van der Waals surface area (Å²) in [6.45, 7) is 3.98. The van der Waals surface area contributed by atoms with Crippen molar-refractivity contribution in [3.8, 4) is 0 Å². The third-order valence-corrected chi connectivity index (χ3v) is 5.31. The highest BCUT2D eigenvalue weighted by atomic mass is 32.1. The highest BCUT2D eigenvalue weighted by Gasteiger charge is 2.34. The number of hydrogen-bond donors (Lipinski definition) is 1. The van der Waals surface area contributed by atoms with Gasteiger partial charge < -0.3 is 9.32 Å². The Morgan fingerprint density at radius 3 is 2.50 bits per heavy atom. The van der Waals surface area contributed by atoms with Gasteiger partial charge in [0.25, 0.3) is 11.8 Å². The van der Waals surface area contributed by atoms with Gasteiger partial charge in [0.15, 0.2) is 11.0 Å². The van der Waals surface area contributed by atoms with Gasteiger partial charge in [0.2, 0.25) is 0 Å². The van der Waals surface area contributed by atoms with E-state index in [1.807, 2.05) is 30.3 Å². The molecule has 6 nitrogen and oxygen atoms in total. The maximum atomic E-state index is 13.0. The van der Waals surface area contributed by atoms with Crippen molar-refractivity contribution in [2.45, 2.75) is 26.2 Å². The summed E-state index contributed by atoms with van der Waals surface area (Å²) >= 11 is 5.23. The quantitative estimate of drug-likeness (QED) is 0.489. The summed E-state index contributed by atoms with van der Waals surface area (Å²) in [5, 5.41) is 2.67. The lowest BCUT2D eigenvalue weighted by molar-refractivity contribution is -0.122. The first-order valence-electron chi connectivity index (χ1n) is 9.42. The van der Waals surface area contributed by atoms with Crippen LogP contribution in [-0.2, 0) is 16.0 Å². The lowest BCUT2D eigenvalue weighted by Crippen LogP contribution is -2.54. The van der Waals surface area contributed by atoms with Gasteiger partial charge >= 0.3 is 0 Å². The highest BCUT2D eigenvalue weighted by molar-refractivity contribution is 7.80. The molecular weight excluding hydrogens is 374 g/mol. The molecule has 3 heterocycles. The molecule has 28 heavy (non-hydrogen) atoms. The third kappa shape index (κ3) is 3.45. The second-order valence-corrected chi connectivity index (χ2v) is 7.23. The first kappa shape index (κ1) is 18.4. The van der Waals surface area contributed by atoms with Crippen molar-refractivity contribution in [1.82, 2.24) is 5.32 Å². The van der Waals surface area contributed by atoms with Gasteiger partial charge in [-0.1, -0.05) is 19.1 Å². The molecule has 0 atom stereocenters. The average Bonchev–Trinajstić information content (AvgIpc) is 3.37. The largest absolute Gasteiger partial charge is 0.441 e. The molecule has 1 aromatic heterocycles. The van der Waals surface area contributed by atoms with Crippen molar-refractivity contribution in [2.75, 3.05) is 22.9 Å². The van der Waals surface area contributed by atoms with E-state index < -0.39 is 11.8 Å². The number of carbonyl (C=O) groups is 2. The predicted molar refractivity (Wildman–Crippen MR) is 112 cm³/mol. The van der Waals surface area contributed by atoms with E-state index in [0.717, 1.165) is 43.8 Å². The molecule has 0 bridgehead atoms. The summed E-state index contributed by atoms with van der Waals surface area (Å²) in [5.41, 5.74) is 1.77. The second kappa shape index (κ2) is 7.59. The molecule has 0 radical (unpaired) electrons. The standard InChI is InChI=1S/C21H21N3O3S/c1-2-14-5-7-15(8-6-14)24-20(26)17(19(25)22-21(24)28)13-16-9-10-18(27-16)23-11-3-4-12-23/h5-10,13H,2-4,11-12H2,1H3,(H,22,25,28)/b17-13+. The summed E-state index contributed by atoms with van der Waals surface area (Å²) in [6, 6.07) is 11.2. The van der Waals surface area contributed by atoms with Gasteiger partial charge in [0.1, 0.15) is 11.3 Å². The minimum atomic E-state index is -0.518. The molecule has 4 rings (SSSR count). The van der Waals surface area contributed by atoms with Gasteiger partial charge in [-0.3, -0.25) is 19.8 Å². The molecular formula is C21H21N3O3S. The Balaban J connectivity index is 1.62. The van der Waals surface area contributed by atoms with E-state index in [1.165, 1.54) is 11.0 Å². The number of carbonyl (C=O) groups excluding carboxylic acids is 2. The van der Waals surface area contributed by atoms with Gasteiger partial charge in [-0.15, -0.1) is 0 Å². The van der Waals surface area contributed by atoms with Crippen LogP contribution in [0.3, 0.4) is 0 Å². The van der Waals surface area contributed by atoms with Crippen LogP contribution in [0.4, 0.5) is 11.6 Å². The van der Waals surface area contributed by atoms with Crippen LogP contribution in [0.25, 0.3) is 6.08 Å². The first-order valence-corrected chi connectivity index (χ1v) is 9.83. The van der Waals surface area contributed by atoms with Crippen LogP contribution in [-0.4, -0.2) is 30.0 Å². The van der Waals surface area contributed by atoms with Crippen LogP contribution in [0.15, 0.2) is 46.4 Å². The average molecular weight is 395 g/mol. The van der Waals surface area contributed by atoms with Gasteiger partial charge in [-0.05, 0) is 61.3 Å². The number of anilines is 2. The number of nitrogens with zero attached hydrogens (tertiary/aromatic N) is 2. The van der Waals surface area contributed by atoms with Crippen LogP contribution in [0.5, 0.6) is 0 Å². The zero-order valence-corrected chi connectivity index (χ0v) is 16.4. The smallest absolute Gasteiger partial charge is 0.270 e. The van der Waals surface area contributed by atoms with Crippen LogP contribution >= 0.6 is 12.2 Å². The minimum absolute atomic E-state index is 0.00418. The van der Waals surface area contributed by atoms with Crippen molar-refractivity contribution < 1.29 is 14.0 Å². The predicted octanol–water partition coefficient (Wildman–Crippen LogP) is 3.27. The molecule has 2 amide bonds. The van der Waals surface area contributed by atoms with Crippen molar-refractivity contribution in [3.05, 3.63) is 53.3 Å². The zero-order chi connectivity index (χ0) is 19.7. The van der Waals surface area contributed by atoms with Crippen molar-refractivity contribution in [3.63, 3.8) is 0 Å². The first-order chi connectivity index (χ1) is 13.6. The molecule has 0 unspecified atom stereocenters. The van der Waals surface area contributed by atoms with Gasteiger partial charge in [0, 0.05) is 19.2 Å². The molecule has 1 N–H and O–H groups in total. The molecule has 1 aromatic carbocycles. The Labute approximate surface area is 168 Å². The van der Waals surface area contributed by atoms with Gasteiger partial charge in [0.05, 0.1) is 5.69 Å². The van der Waals surface area contributed by atoms with Crippen LogP contribution in [0.1, 0.15) is 31.1 Å². The van der Waals surface area contributed by atoms with Crippen LogP contribution in [0, 0.1) is 0 Å². The van der Waals surface area contributed by atoms with Crippen molar-refractivity contribution >= 4 is 46.8 Å². The number of nitrogens with one attached hydrogen (secondary N) is 1. The monoisotopic (exact) mass is 395 g/mol. The lowest BCUT2D eigenvalue weighted by Gasteiger charge is -2.28. The zero-order valence-electron chi connectivity index (χ0n) is 15.6. The number of furan rings is 1. The Morgan fingerprint density at radius 2 is 1.82 bits per heavy atom. The Morgan fingerprint density at radius 1 is 1.11 bits per heavy atom. The summed E-state index contributed by atoms with van der Waals surface area (Å²) < 4.78 is 5.83. The Kier molecular flexibility index (Phi) is 5.00. The summed E-state index contributed by atoms with van der Waals surface area (Å²) in [6.07, 6.45) is 4.66. The maximum absolute atomic E-state index is 13.0. The molecule has 2 fully saturated rings. The number of thiocarbonyl (C=S) groups is 1. The molecule has 2 saturated heterocycles. The molecule has 7 heteroatoms. The van der Waals surface area contributed by atoms with Crippen molar-refractivity contribution in [2.24, 2.45) is 0 Å². The van der Waals surface area contributed by atoms with E-state index in [4.69, 9.17) is 16.6 Å². The van der Waals surface area contributed by atoms with Crippen molar-refractivity contribution in [1.29, 1.82) is 0 Å². The maximum Gasteiger partial charge on any atom is 0.270 e. The molecule has 144 valence electrons. The van der Waals surface area contributed by atoms with E-state index in [0.29, 0.717) is 11.4 Å². The summed E-state index contributed by atoms with van der Waals surface area (Å²) in [5.74, 6) is 0.248. The van der Waals surface area contributed by atoms with E-state index in [-0.39, 0.29) is 10.7 Å². The van der Waals surface area contributed by atoms with E-state index in [9.17, 15) is 9.59 Å². The van der Waals surface area contributed by atoms with E-state index in [1.54, 1.807) is 6.07 Å². The molecule has 2 aliphatic rings. The van der Waals surface area contributed by atoms with Crippen LogP contribution in [0.2, 0.25) is 0 Å². The SMILES string of the molecule is CCc1ccc(N2C(=O)/C(=C/c3ccc(N4CCCC4)o3)C(=O)NC2=S)cc1. The normalized spacial score (nSPS) is 18.9. The minimum Gasteiger partial charge on any atom is -0.441 e. The van der Waals surface area contributed by atoms with Gasteiger partial charge in [-0.25, -0.2) is 0 Å². The molecule has 0 spiro atoms. The molecule has 2 aromatic rings. The molecule has 0 saturated carbocycles. The summed E-state index contributed by atoms with van der Waals surface area (Å²) in [4.78, 5) is 28.9. The molecule has 0 aliphatic carbocycles. The fourth-order valence-corrected chi connectivity index (χ4v) is 3.72. The topological polar surface area (TPSA) is 65.8 Å². The van der Waals surface area contributed by atoms with E-state index in [2.05, 4.69) is 17.1 Å². The number of rotatable bonds is 4. The third-order valence-electron chi connectivity index (χ3n) is 5.02.